The first-order chi connectivity index (χ1) is 16.2. The van der Waals surface area contributed by atoms with Gasteiger partial charge in [-0.15, -0.1) is 0 Å². The minimum Gasteiger partial charge on any atom is -0.489 e. The number of benzene rings is 1. The van der Waals surface area contributed by atoms with Gasteiger partial charge in [-0.3, -0.25) is 4.79 Å². The summed E-state index contributed by atoms with van der Waals surface area (Å²) < 4.78 is 16.4. The molecule has 1 aliphatic rings. The van der Waals surface area contributed by atoms with Crippen molar-refractivity contribution < 1.29 is 19.0 Å². The number of aromatic amines is 1. The number of fused-ring (bicyclic) bond motifs is 1. The van der Waals surface area contributed by atoms with Gasteiger partial charge in [0.1, 0.15) is 23.6 Å². The van der Waals surface area contributed by atoms with E-state index in [1.165, 1.54) is 6.08 Å². The number of ether oxygens (including phenoxy) is 3. The van der Waals surface area contributed by atoms with Gasteiger partial charge in [0.15, 0.2) is 0 Å². The third-order valence-electron chi connectivity index (χ3n) is 5.46. The summed E-state index contributed by atoms with van der Waals surface area (Å²) in [7, 11) is 1.59. The first-order valence-electron chi connectivity index (χ1n) is 10.9. The summed E-state index contributed by atoms with van der Waals surface area (Å²) in [6.07, 6.45) is 8.47. The fourth-order valence-corrected chi connectivity index (χ4v) is 3.72. The molecule has 0 atom stereocenters. The maximum Gasteiger partial charge on any atom is 0.244 e. The monoisotopic (exact) mass is 446 g/mol. The van der Waals surface area contributed by atoms with E-state index >= 15 is 0 Å². The largest absolute Gasteiger partial charge is 0.489 e. The Bertz CT molecular complexity index is 1190. The second-order valence-electron chi connectivity index (χ2n) is 7.74. The van der Waals surface area contributed by atoms with E-state index in [9.17, 15) is 10.1 Å². The van der Waals surface area contributed by atoms with Crippen molar-refractivity contribution in [1.29, 1.82) is 5.26 Å². The summed E-state index contributed by atoms with van der Waals surface area (Å²) in [6, 6.07) is 9.85. The van der Waals surface area contributed by atoms with E-state index < -0.39 is 0 Å². The number of nitrogens with one attached hydrogen (secondary N) is 2. The summed E-state index contributed by atoms with van der Waals surface area (Å²) in [6.45, 7) is 2.27. The number of carbonyl (C=O) groups excluding carboxylic acids is 1. The average molecular weight is 447 g/mol. The normalized spacial score (nSPS) is 14.4. The van der Waals surface area contributed by atoms with E-state index in [1.54, 1.807) is 19.4 Å². The Morgan fingerprint density at radius 1 is 1.36 bits per heavy atom. The molecule has 4 rings (SSSR count). The van der Waals surface area contributed by atoms with Crippen molar-refractivity contribution in [2.24, 2.45) is 0 Å². The molecule has 0 spiro atoms. The van der Waals surface area contributed by atoms with Crippen LogP contribution in [0.3, 0.4) is 0 Å². The number of hydrogen-bond acceptors (Lipinski definition) is 6. The smallest absolute Gasteiger partial charge is 0.244 e. The molecule has 1 aliphatic heterocycles. The summed E-state index contributed by atoms with van der Waals surface area (Å²) in [5, 5.41) is 13.3. The maximum atomic E-state index is 11.9. The molecule has 3 aromatic rings. The number of aromatic nitrogens is 2. The van der Waals surface area contributed by atoms with Crippen molar-refractivity contribution in [3.05, 3.63) is 53.9 Å². The third kappa shape index (κ3) is 5.58. The van der Waals surface area contributed by atoms with E-state index in [0.29, 0.717) is 37.7 Å². The number of methoxy groups -OCH3 is 1. The van der Waals surface area contributed by atoms with E-state index in [2.05, 4.69) is 21.4 Å². The van der Waals surface area contributed by atoms with E-state index in [-0.39, 0.29) is 12.0 Å². The molecule has 1 aromatic carbocycles. The molecule has 2 aromatic heterocycles. The van der Waals surface area contributed by atoms with E-state index in [4.69, 9.17) is 14.2 Å². The van der Waals surface area contributed by atoms with Gasteiger partial charge in [0.05, 0.1) is 25.4 Å². The topological polar surface area (TPSA) is 109 Å². The lowest BCUT2D eigenvalue weighted by atomic mass is 10.0. The van der Waals surface area contributed by atoms with Gasteiger partial charge >= 0.3 is 0 Å². The molecule has 8 heteroatoms. The molecule has 1 amide bonds. The molecule has 170 valence electrons. The van der Waals surface area contributed by atoms with Crippen LogP contribution >= 0.6 is 0 Å². The second-order valence-corrected chi connectivity index (χ2v) is 7.74. The molecule has 0 unspecified atom stereocenters. The minimum absolute atomic E-state index is 0.0648. The lowest BCUT2D eigenvalue weighted by Gasteiger charge is -2.23. The highest BCUT2D eigenvalue weighted by Gasteiger charge is 2.18. The van der Waals surface area contributed by atoms with E-state index in [0.717, 1.165) is 40.6 Å². The number of H-pyrrole nitrogens is 1. The fraction of sp³-hybridized carbons (Fsp3) is 0.320. The summed E-state index contributed by atoms with van der Waals surface area (Å²) in [5.74, 6) is 0.398. The van der Waals surface area contributed by atoms with Gasteiger partial charge in [0.2, 0.25) is 5.91 Å². The minimum atomic E-state index is -0.194. The van der Waals surface area contributed by atoms with Crippen LogP contribution in [0, 0.1) is 11.3 Å². The highest BCUT2D eigenvalue weighted by Crippen LogP contribution is 2.32. The van der Waals surface area contributed by atoms with Crippen LogP contribution in [0.25, 0.3) is 28.2 Å². The maximum absolute atomic E-state index is 11.9. The number of pyridine rings is 1. The van der Waals surface area contributed by atoms with Gasteiger partial charge in [-0.05, 0) is 35.4 Å². The van der Waals surface area contributed by atoms with Crippen LogP contribution < -0.4 is 10.1 Å². The van der Waals surface area contributed by atoms with Crippen molar-refractivity contribution in [2.45, 2.75) is 18.9 Å². The van der Waals surface area contributed by atoms with Crippen molar-refractivity contribution in [2.75, 3.05) is 33.5 Å². The highest BCUT2D eigenvalue weighted by molar-refractivity contribution is 5.96. The van der Waals surface area contributed by atoms with Gasteiger partial charge in [-0.1, -0.05) is 6.07 Å². The standard InChI is InChI=1S/C25H26N4O4/c1-31-11-8-27-24(30)5-2-17-12-21-22(16-29-25(21)28-15-17)18-3-4-23(19(13-18)14-26)33-20-6-9-32-10-7-20/h2-5,12-13,15-16,20H,6-11H2,1H3,(H,27,30)(H,28,29)/b5-2+. The number of amides is 1. The Balaban J connectivity index is 1.56. The molecule has 8 nitrogen and oxygen atoms in total. The number of nitrogens with zero attached hydrogens (tertiary/aromatic N) is 2. The Hall–Kier alpha value is -3.67. The quantitative estimate of drug-likeness (QED) is 0.405. The SMILES string of the molecule is COCCNC(=O)/C=C/c1cnc2[nH]cc(-c3ccc(OC4CCOCC4)c(C#N)c3)c2c1. The lowest BCUT2D eigenvalue weighted by Crippen LogP contribution is -2.26. The zero-order valence-electron chi connectivity index (χ0n) is 18.5. The van der Waals surface area contributed by atoms with Gasteiger partial charge in [0, 0.05) is 55.9 Å². The van der Waals surface area contributed by atoms with Gasteiger partial charge in [-0.25, -0.2) is 4.98 Å². The summed E-state index contributed by atoms with van der Waals surface area (Å²) >= 11 is 0. The van der Waals surface area contributed by atoms with Gasteiger partial charge in [0.25, 0.3) is 0 Å². The fourth-order valence-electron chi connectivity index (χ4n) is 3.72. The Morgan fingerprint density at radius 3 is 3.00 bits per heavy atom. The molecule has 33 heavy (non-hydrogen) atoms. The van der Waals surface area contributed by atoms with Crippen LogP contribution in [0.15, 0.2) is 42.7 Å². The molecule has 3 heterocycles. The van der Waals surface area contributed by atoms with Crippen LogP contribution in [-0.2, 0) is 14.3 Å². The molecular weight excluding hydrogens is 420 g/mol. The first-order valence-corrected chi connectivity index (χ1v) is 10.9. The molecular formula is C25H26N4O4. The molecule has 1 saturated heterocycles. The predicted molar refractivity (Wildman–Crippen MR) is 125 cm³/mol. The zero-order valence-corrected chi connectivity index (χ0v) is 18.5. The molecule has 0 aliphatic carbocycles. The first kappa shape index (κ1) is 22.5. The van der Waals surface area contributed by atoms with E-state index in [1.807, 2.05) is 30.5 Å². The number of hydrogen-bond donors (Lipinski definition) is 2. The molecule has 2 N–H and O–H groups in total. The molecule has 0 saturated carbocycles. The van der Waals surface area contributed by atoms with Crippen molar-refractivity contribution in [1.82, 2.24) is 15.3 Å². The van der Waals surface area contributed by atoms with Crippen molar-refractivity contribution in [3.8, 4) is 22.9 Å². The van der Waals surface area contributed by atoms with Crippen LogP contribution in [0.1, 0.15) is 24.0 Å². The van der Waals surface area contributed by atoms with Crippen LogP contribution in [0.4, 0.5) is 0 Å². The molecule has 0 bridgehead atoms. The van der Waals surface area contributed by atoms with Crippen LogP contribution in [0.5, 0.6) is 5.75 Å². The van der Waals surface area contributed by atoms with Gasteiger partial charge < -0.3 is 24.5 Å². The Morgan fingerprint density at radius 2 is 2.21 bits per heavy atom. The predicted octanol–water partition coefficient (Wildman–Crippen LogP) is 3.44. The second kappa shape index (κ2) is 10.8. The summed E-state index contributed by atoms with van der Waals surface area (Å²) in [4.78, 5) is 19.5. The number of rotatable bonds is 8. The van der Waals surface area contributed by atoms with Crippen molar-refractivity contribution in [3.63, 3.8) is 0 Å². The number of nitriles is 1. The summed E-state index contributed by atoms with van der Waals surface area (Å²) in [5.41, 5.74) is 3.83. The lowest BCUT2D eigenvalue weighted by molar-refractivity contribution is -0.116. The molecule has 0 radical (unpaired) electrons. The van der Waals surface area contributed by atoms with Crippen molar-refractivity contribution >= 4 is 23.0 Å². The molecule has 1 fully saturated rings. The van der Waals surface area contributed by atoms with Gasteiger partial charge in [-0.2, -0.15) is 5.26 Å². The number of carbonyl (C=O) groups is 1. The zero-order chi connectivity index (χ0) is 23.0. The Labute approximate surface area is 192 Å². The van der Waals surface area contributed by atoms with Crippen LogP contribution in [-0.4, -0.2) is 55.5 Å². The van der Waals surface area contributed by atoms with Crippen LogP contribution in [0.2, 0.25) is 0 Å². The third-order valence-corrected chi connectivity index (χ3v) is 5.46. The Kier molecular flexibility index (Phi) is 7.35. The average Bonchev–Trinajstić information content (AvgIpc) is 3.27. The highest BCUT2D eigenvalue weighted by atomic mass is 16.5.